The minimum Gasteiger partial charge on any atom is -0.508 e. The fraction of sp³-hybridized carbons (Fsp3) is 0.208. The lowest BCUT2D eigenvalue weighted by atomic mass is 10.1. The molecule has 33 heavy (non-hydrogen) atoms. The zero-order valence-electron chi connectivity index (χ0n) is 18.1. The lowest BCUT2D eigenvalue weighted by Crippen LogP contribution is -2.13. The summed E-state index contributed by atoms with van der Waals surface area (Å²) in [5, 5.41) is 19.2. The van der Waals surface area contributed by atoms with Crippen LogP contribution in [0.1, 0.15) is 42.3 Å². The lowest BCUT2D eigenvalue weighted by Gasteiger charge is -2.19. The minimum atomic E-state index is -4.59. The van der Waals surface area contributed by atoms with Crippen LogP contribution < -0.4 is 0 Å². The van der Waals surface area contributed by atoms with E-state index < -0.39 is 26.5 Å². The van der Waals surface area contributed by atoms with Crippen LogP contribution in [0, 0.1) is 18.3 Å². The largest absolute Gasteiger partial charge is 0.508 e. The maximum absolute atomic E-state index is 13.7. The number of alkyl halides is 3. The van der Waals surface area contributed by atoms with Crippen molar-refractivity contribution in [2.24, 2.45) is 0 Å². The van der Waals surface area contributed by atoms with E-state index in [1.165, 1.54) is 41.0 Å². The summed E-state index contributed by atoms with van der Waals surface area (Å²) in [6.07, 6.45) is -3.44. The predicted molar refractivity (Wildman–Crippen MR) is 118 cm³/mol. The number of nitriles is 1. The number of hydrogen-bond acceptors (Lipinski definition) is 4. The Kier molecular flexibility index (Phi) is 6.43. The van der Waals surface area contributed by atoms with E-state index in [1.54, 1.807) is 19.1 Å². The highest BCUT2D eigenvalue weighted by atomic mass is 32.2. The van der Waals surface area contributed by atoms with Crippen LogP contribution in [0.2, 0.25) is 0 Å². The van der Waals surface area contributed by atoms with Gasteiger partial charge in [0.05, 0.1) is 16.1 Å². The first-order valence-corrected chi connectivity index (χ1v) is 11.4. The molecule has 0 spiro atoms. The summed E-state index contributed by atoms with van der Waals surface area (Å²) < 4.78 is 68.4. The molecule has 0 saturated heterocycles. The average Bonchev–Trinajstić information content (AvgIpc) is 3.07. The molecule has 0 amide bonds. The summed E-state index contributed by atoms with van der Waals surface area (Å²) in [7, 11) is -4.26. The molecule has 1 aromatic heterocycles. The van der Waals surface area contributed by atoms with Gasteiger partial charge in [-0.15, -0.1) is 0 Å². The van der Waals surface area contributed by atoms with Crippen molar-refractivity contribution >= 4 is 15.9 Å². The number of sulfone groups is 1. The Bertz CT molecular complexity index is 1380. The molecule has 2 aromatic carbocycles. The molecule has 0 atom stereocenters. The van der Waals surface area contributed by atoms with Gasteiger partial charge in [-0.1, -0.05) is 32.0 Å². The second kappa shape index (κ2) is 8.79. The number of hydrogen-bond donors (Lipinski definition) is 1. The van der Waals surface area contributed by atoms with Gasteiger partial charge in [-0.25, -0.2) is 8.42 Å². The second-order valence-electron chi connectivity index (χ2n) is 7.74. The first-order valence-electron chi connectivity index (χ1n) is 9.92. The Labute approximate surface area is 190 Å². The number of benzene rings is 2. The number of allylic oxidation sites excluding steroid dienone is 1. The Morgan fingerprint density at radius 3 is 2.36 bits per heavy atom. The molecule has 0 bridgehead atoms. The van der Waals surface area contributed by atoms with Crippen LogP contribution >= 0.6 is 0 Å². The van der Waals surface area contributed by atoms with Gasteiger partial charge < -0.3 is 9.67 Å². The van der Waals surface area contributed by atoms with Crippen molar-refractivity contribution in [3.8, 4) is 17.5 Å². The molecular formula is C24H21F3N2O3S. The predicted octanol–water partition coefficient (Wildman–Crippen LogP) is 5.97. The topological polar surface area (TPSA) is 83.1 Å². The molecule has 0 aliphatic rings. The zero-order valence-corrected chi connectivity index (χ0v) is 18.9. The highest BCUT2D eigenvalue weighted by Crippen LogP contribution is 2.37. The van der Waals surface area contributed by atoms with E-state index >= 15 is 0 Å². The number of aromatic hydroxyl groups is 1. The van der Waals surface area contributed by atoms with Crippen molar-refractivity contribution in [2.45, 2.75) is 37.8 Å². The molecule has 0 aliphatic heterocycles. The van der Waals surface area contributed by atoms with Gasteiger partial charge in [0.25, 0.3) is 0 Å². The van der Waals surface area contributed by atoms with Crippen molar-refractivity contribution in [3.63, 3.8) is 0 Å². The van der Waals surface area contributed by atoms with Gasteiger partial charge in [0.15, 0.2) is 0 Å². The van der Waals surface area contributed by atoms with Crippen molar-refractivity contribution in [1.29, 1.82) is 5.26 Å². The number of nitrogens with zero attached hydrogens (tertiary/aromatic N) is 2. The number of halogens is 3. The minimum absolute atomic E-state index is 0.0832. The second-order valence-corrected chi connectivity index (χ2v) is 9.65. The maximum Gasteiger partial charge on any atom is 0.418 e. The van der Waals surface area contributed by atoms with Crippen LogP contribution in [0.25, 0.3) is 11.8 Å². The van der Waals surface area contributed by atoms with Crippen molar-refractivity contribution in [3.05, 3.63) is 82.0 Å². The third-order valence-electron chi connectivity index (χ3n) is 5.17. The molecule has 0 saturated carbocycles. The molecule has 9 heteroatoms. The fourth-order valence-corrected chi connectivity index (χ4v) is 4.73. The van der Waals surface area contributed by atoms with E-state index in [2.05, 4.69) is 0 Å². The number of para-hydroxylation sites is 1. The van der Waals surface area contributed by atoms with Gasteiger partial charge in [-0.3, -0.25) is 0 Å². The average molecular weight is 475 g/mol. The van der Waals surface area contributed by atoms with Crippen LogP contribution in [-0.4, -0.2) is 18.1 Å². The molecule has 1 heterocycles. The van der Waals surface area contributed by atoms with Crippen LogP contribution in [0.3, 0.4) is 0 Å². The van der Waals surface area contributed by atoms with Gasteiger partial charge in [0, 0.05) is 11.4 Å². The summed E-state index contributed by atoms with van der Waals surface area (Å²) in [6.45, 7) is 5.19. The lowest BCUT2D eigenvalue weighted by molar-refractivity contribution is -0.137. The van der Waals surface area contributed by atoms with E-state index in [9.17, 15) is 32.0 Å². The van der Waals surface area contributed by atoms with E-state index in [0.29, 0.717) is 17.0 Å². The van der Waals surface area contributed by atoms with Crippen molar-refractivity contribution < 1.29 is 26.7 Å². The summed E-state index contributed by atoms with van der Waals surface area (Å²) in [6, 6.07) is 13.3. The van der Waals surface area contributed by atoms with Gasteiger partial charge in [-0.05, 0) is 60.9 Å². The van der Waals surface area contributed by atoms with E-state index in [0.717, 1.165) is 18.2 Å². The van der Waals surface area contributed by atoms with E-state index in [4.69, 9.17) is 0 Å². The number of phenols is 1. The summed E-state index contributed by atoms with van der Waals surface area (Å²) in [5.41, 5.74) is 0.280. The molecule has 3 aromatic rings. The third kappa shape index (κ3) is 4.66. The Balaban J connectivity index is 2.25. The van der Waals surface area contributed by atoms with E-state index in [-0.39, 0.29) is 22.3 Å². The van der Waals surface area contributed by atoms with Crippen LogP contribution in [0.4, 0.5) is 13.2 Å². The highest BCUT2D eigenvalue weighted by molar-refractivity contribution is 7.95. The monoisotopic (exact) mass is 474 g/mol. The summed E-state index contributed by atoms with van der Waals surface area (Å²) in [4.78, 5) is -0.855. The zero-order chi connectivity index (χ0) is 24.6. The third-order valence-corrected chi connectivity index (χ3v) is 6.83. The highest BCUT2D eigenvalue weighted by Gasteiger charge is 2.34. The Hall–Kier alpha value is -3.51. The van der Waals surface area contributed by atoms with Crippen molar-refractivity contribution in [1.82, 2.24) is 4.57 Å². The SMILES string of the molecule is Cc1c(/C=C(\C#N)S(=O)(=O)c2cccc(O)c2)cc(C(C)C)n1-c1ccccc1C(F)(F)F. The van der Waals surface area contributed by atoms with Crippen molar-refractivity contribution in [2.75, 3.05) is 0 Å². The van der Waals surface area contributed by atoms with Crippen LogP contribution in [0.15, 0.2) is 64.4 Å². The van der Waals surface area contributed by atoms with Gasteiger partial charge in [-0.2, -0.15) is 18.4 Å². The summed E-state index contributed by atoms with van der Waals surface area (Å²) >= 11 is 0. The first kappa shape index (κ1) is 24.1. The Morgan fingerprint density at radius 2 is 1.79 bits per heavy atom. The standard InChI is InChI=1S/C24H21F3N2O3S/c1-15(2)23-12-17(11-20(14-28)33(31,32)19-8-6-7-18(30)13-19)16(3)29(23)22-10-5-4-9-21(22)24(25,26)27/h4-13,15,30H,1-3H3/b20-11+. The normalized spacial score (nSPS) is 12.7. The summed E-state index contributed by atoms with van der Waals surface area (Å²) in [5.74, 6) is -0.470. The van der Waals surface area contributed by atoms with Gasteiger partial charge >= 0.3 is 6.18 Å². The molecule has 1 N–H and O–H groups in total. The van der Waals surface area contributed by atoms with Gasteiger partial charge in [0.1, 0.15) is 16.7 Å². The molecule has 172 valence electrons. The smallest absolute Gasteiger partial charge is 0.418 e. The number of rotatable bonds is 5. The van der Waals surface area contributed by atoms with Gasteiger partial charge in [0.2, 0.25) is 9.84 Å². The van der Waals surface area contributed by atoms with Crippen LogP contribution in [0.5, 0.6) is 5.75 Å². The first-order chi connectivity index (χ1) is 15.4. The van der Waals surface area contributed by atoms with Crippen LogP contribution in [-0.2, 0) is 16.0 Å². The molecule has 0 aliphatic carbocycles. The Morgan fingerprint density at radius 1 is 1.12 bits per heavy atom. The molecule has 0 unspecified atom stereocenters. The maximum atomic E-state index is 13.7. The quantitative estimate of drug-likeness (QED) is 0.462. The molecular weight excluding hydrogens is 453 g/mol. The molecule has 3 rings (SSSR count). The fourth-order valence-electron chi connectivity index (χ4n) is 3.54. The number of aromatic nitrogens is 1. The number of phenolic OH excluding ortho intramolecular Hbond substituents is 1. The molecule has 0 fully saturated rings. The molecule has 0 radical (unpaired) electrons. The molecule has 5 nitrogen and oxygen atoms in total. The van der Waals surface area contributed by atoms with E-state index in [1.807, 2.05) is 13.8 Å².